The summed E-state index contributed by atoms with van der Waals surface area (Å²) in [4.78, 5) is 1.23. The summed E-state index contributed by atoms with van der Waals surface area (Å²) in [6.07, 6.45) is -0.248. The fraction of sp³-hybridized carbons (Fsp3) is 0.538. The lowest BCUT2D eigenvalue weighted by Gasteiger charge is -2.09. The molecule has 1 rings (SSSR count). The predicted octanol–water partition coefficient (Wildman–Crippen LogP) is 2.66. The van der Waals surface area contributed by atoms with Crippen molar-refractivity contribution in [3.05, 3.63) is 29.8 Å². The summed E-state index contributed by atoms with van der Waals surface area (Å²) in [5.41, 5.74) is 1.30. The largest absolute Gasteiger partial charge is 0.393 e. The zero-order valence-electron chi connectivity index (χ0n) is 10.2. The summed E-state index contributed by atoms with van der Waals surface area (Å²) in [6.45, 7) is 7.01. The number of rotatable bonds is 6. The van der Waals surface area contributed by atoms with E-state index in [1.165, 1.54) is 10.5 Å². The molecule has 2 N–H and O–H groups in total. The Labute approximate surface area is 102 Å². The second-order valence-electron chi connectivity index (χ2n) is 4.34. The maximum absolute atomic E-state index is 9.23. The SMILES string of the molecule is CC(O)CSc1cccc(CNC(C)C)c1. The highest BCUT2D eigenvalue weighted by Crippen LogP contribution is 2.19. The molecule has 0 radical (unpaired) electrons. The minimum absolute atomic E-state index is 0.248. The van der Waals surface area contributed by atoms with Gasteiger partial charge in [0.05, 0.1) is 6.10 Å². The van der Waals surface area contributed by atoms with Gasteiger partial charge in [-0.15, -0.1) is 11.8 Å². The van der Waals surface area contributed by atoms with E-state index in [2.05, 4.69) is 43.4 Å². The van der Waals surface area contributed by atoms with E-state index in [0.717, 1.165) is 12.3 Å². The average molecular weight is 239 g/mol. The maximum atomic E-state index is 9.23. The molecule has 1 unspecified atom stereocenters. The second kappa shape index (κ2) is 6.94. The Kier molecular flexibility index (Phi) is 5.88. The number of aliphatic hydroxyl groups is 1. The normalized spacial score (nSPS) is 13.1. The summed E-state index contributed by atoms with van der Waals surface area (Å²) in [6, 6.07) is 8.98. The van der Waals surface area contributed by atoms with E-state index in [0.29, 0.717) is 6.04 Å². The molecular weight excluding hydrogens is 218 g/mol. The van der Waals surface area contributed by atoms with Crippen LogP contribution in [0.5, 0.6) is 0 Å². The Morgan fingerprint density at radius 1 is 1.31 bits per heavy atom. The van der Waals surface area contributed by atoms with Crippen molar-refractivity contribution in [3.63, 3.8) is 0 Å². The van der Waals surface area contributed by atoms with Crippen molar-refractivity contribution < 1.29 is 5.11 Å². The number of nitrogens with one attached hydrogen (secondary N) is 1. The molecule has 16 heavy (non-hydrogen) atoms. The molecule has 1 atom stereocenters. The van der Waals surface area contributed by atoms with Crippen molar-refractivity contribution in [3.8, 4) is 0 Å². The highest BCUT2D eigenvalue weighted by atomic mass is 32.2. The van der Waals surface area contributed by atoms with Gasteiger partial charge in [-0.25, -0.2) is 0 Å². The molecule has 1 aromatic carbocycles. The second-order valence-corrected chi connectivity index (χ2v) is 5.44. The minimum atomic E-state index is -0.248. The zero-order valence-corrected chi connectivity index (χ0v) is 11.1. The third-order valence-electron chi connectivity index (χ3n) is 2.10. The van der Waals surface area contributed by atoms with E-state index in [-0.39, 0.29) is 6.10 Å². The Morgan fingerprint density at radius 3 is 2.69 bits per heavy atom. The number of hydrogen-bond acceptors (Lipinski definition) is 3. The molecule has 0 heterocycles. The topological polar surface area (TPSA) is 32.3 Å². The quantitative estimate of drug-likeness (QED) is 0.749. The lowest BCUT2D eigenvalue weighted by atomic mass is 10.2. The maximum Gasteiger partial charge on any atom is 0.0606 e. The third kappa shape index (κ3) is 5.54. The van der Waals surface area contributed by atoms with Crippen molar-refractivity contribution in [2.24, 2.45) is 0 Å². The summed E-state index contributed by atoms with van der Waals surface area (Å²) in [5, 5.41) is 12.6. The number of hydrogen-bond donors (Lipinski definition) is 2. The molecule has 3 heteroatoms. The van der Waals surface area contributed by atoms with Crippen LogP contribution in [0.3, 0.4) is 0 Å². The standard InChI is InChI=1S/C13H21NOS/c1-10(2)14-8-12-5-4-6-13(7-12)16-9-11(3)15/h4-7,10-11,14-15H,8-9H2,1-3H3. The van der Waals surface area contributed by atoms with E-state index in [1.807, 2.05) is 6.92 Å². The minimum Gasteiger partial charge on any atom is -0.393 e. The highest BCUT2D eigenvalue weighted by Gasteiger charge is 2.00. The zero-order chi connectivity index (χ0) is 12.0. The number of benzene rings is 1. The summed E-state index contributed by atoms with van der Waals surface area (Å²) >= 11 is 1.70. The van der Waals surface area contributed by atoms with Gasteiger partial charge in [-0.1, -0.05) is 26.0 Å². The molecule has 2 nitrogen and oxygen atoms in total. The van der Waals surface area contributed by atoms with E-state index in [9.17, 15) is 5.11 Å². The Balaban J connectivity index is 2.50. The van der Waals surface area contributed by atoms with E-state index >= 15 is 0 Å². The van der Waals surface area contributed by atoms with Gasteiger partial charge in [0.15, 0.2) is 0 Å². The molecule has 0 bridgehead atoms. The van der Waals surface area contributed by atoms with Gasteiger partial charge in [0.25, 0.3) is 0 Å². The lowest BCUT2D eigenvalue weighted by Crippen LogP contribution is -2.21. The van der Waals surface area contributed by atoms with E-state index in [1.54, 1.807) is 11.8 Å². The lowest BCUT2D eigenvalue weighted by molar-refractivity contribution is 0.220. The first kappa shape index (κ1) is 13.6. The molecular formula is C13H21NOS. The van der Waals surface area contributed by atoms with Crippen LogP contribution in [0.4, 0.5) is 0 Å². The van der Waals surface area contributed by atoms with Crippen LogP contribution in [0.25, 0.3) is 0 Å². The van der Waals surface area contributed by atoms with E-state index < -0.39 is 0 Å². The van der Waals surface area contributed by atoms with Gasteiger partial charge in [0.2, 0.25) is 0 Å². The highest BCUT2D eigenvalue weighted by molar-refractivity contribution is 7.99. The molecule has 0 saturated heterocycles. The van der Waals surface area contributed by atoms with Crippen LogP contribution in [0.1, 0.15) is 26.3 Å². The summed E-state index contributed by atoms with van der Waals surface area (Å²) < 4.78 is 0. The van der Waals surface area contributed by atoms with Crippen molar-refractivity contribution >= 4 is 11.8 Å². The predicted molar refractivity (Wildman–Crippen MR) is 70.8 cm³/mol. The molecule has 0 amide bonds. The smallest absolute Gasteiger partial charge is 0.0606 e. The fourth-order valence-corrected chi connectivity index (χ4v) is 2.13. The first-order chi connectivity index (χ1) is 7.58. The first-order valence-corrected chi connectivity index (χ1v) is 6.69. The molecule has 90 valence electrons. The molecule has 0 spiro atoms. The van der Waals surface area contributed by atoms with Crippen molar-refractivity contribution in [1.29, 1.82) is 0 Å². The van der Waals surface area contributed by atoms with E-state index in [4.69, 9.17) is 0 Å². The Morgan fingerprint density at radius 2 is 2.06 bits per heavy atom. The van der Waals surface area contributed by atoms with Gasteiger partial charge in [-0.05, 0) is 24.6 Å². The number of aliphatic hydroxyl groups excluding tert-OH is 1. The van der Waals surface area contributed by atoms with Gasteiger partial charge in [-0.3, -0.25) is 0 Å². The van der Waals surface area contributed by atoms with Crippen molar-refractivity contribution in [1.82, 2.24) is 5.32 Å². The van der Waals surface area contributed by atoms with Crippen molar-refractivity contribution in [2.75, 3.05) is 5.75 Å². The monoisotopic (exact) mass is 239 g/mol. The van der Waals surface area contributed by atoms with Crippen LogP contribution in [0.15, 0.2) is 29.2 Å². The van der Waals surface area contributed by atoms with Gasteiger partial charge in [-0.2, -0.15) is 0 Å². The van der Waals surface area contributed by atoms with Gasteiger partial charge in [0.1, 0.15) is 0 Å². The molecule has 1 aromatic rings. The molecule has 0 fully saturated rings. The fourth-order valence-electron chi connectivity index (χ4n) is 1.28. The van der Waals surface area contributed by atoms with Crippen LogP contribution >= 0.6 is 11.8 Å². The molecule has 0 aliphatic heterocycles. The summed E-state index contributed by atoms with van der Waals surface area (Å²) in [5.74, 6) is 0.751. The molecule has 0 saturated carbocycles. The average Bonchev–Trinajstić information content (AvgIpc) is 2.24. The van der Waals surface area contributed by atoms with Gasteiger partial charge < -0.3 is 10.4 Å². The molecule has 0 aromatic heterocycles. The number of thioether (sulfide) groups is 1. The Hall–Kier alpha value is -0.510. The van der Waals surface area contributed by atoms with Crippen LogP contribution in [-0.2, 0) is 6.54 Å². The van der Waals surface area contributed by atoms with Crippen LogP contribution in [0.2, 0.25) is 0 Å². The Bertz CT molecular complexity index is 285. The third-order valence-corrected chi connectivity index (χ3v) is 3.34. The first-order valence-electron chi connectivity index (χ1n) is 5.71. The summed E-state index contributed by atoms with van der Waals surface area (Å²) in [7, 11) is 0. The van der Waals surface area contributed by atoms with Crippen LogP contribution in [0, 0.1) is 0 Å². The van der Waals surface area contributed by atoms with Gasteiger partial charge in [0, 0.05) is 23.2 Å². The van der Waals surface area contributed by atoms with Gasteiger partial charge >= 0.3 is 0 Å². The van der Waals surface area contributed by atoms with Crippen LogP contribution < -0.4 is 5.32 Å². The van der Waals surface area contributed by atoms with Crippen LogP contribution in [-0.4, -0.2) is 23.0 Å². The van der Waals surface area contributed by atoms with Crippen molar-refractivity contribution in [2.45, 2.75) is 44.4 Å². The molecule has 0 aliphatic rings. The molecule has 0 aliphatic carbocycles.